The summed E-state index contributed by atoms with van der Waals surface area (Å²) in [5.41, 5.74) is 6.01. The van der Waals surface area contributed by atoms with Crippen LogP contribution >= 0.6 is 11.8 Å². The van der Waals surface area contributed by atoms with Crippen molar-refractivity contribution < 1.29 is 14.5 Å². The maximum atomic E-state index is 11.9. The lowest BCUT2D eigenvalue weighted by Gasteiger charge is -2.08. The van der Waals surface area contributed by atoms with E-state index in [1.165, 1.54) is 12.1 Å². The van der Waals surface area contributed by atoms with Crippen LogP contribution in [-0.4, -0.2) is 27.2 Å². The summed E-state index contributed by atoms with van der Waals surface area (Å²) >= 11 is 1.01. The van der Waals surface area contributed by atoms with E-state index in [-0.39, 0.29) is 23.0 Å². The Kier molecular flexibility index (Phi) is 4.22. The minimum absolute atomic E-state index is 0.0972. The van der Waals surface area contributed by atoms with Gasteiger partial charge in [0.05, 0.1) is 4.92 Å². The summed E-state index contributed by atoms with van der Waals surface area (Å²) in [6.07, 6.45) is -0.140. The lowest BCUT2D eigenvalue weighted by atomic mass is 10.2. The highest BCUT2D eigenvalue weighted by Crippen LogP contribution is 2.27. The molecular formula is C12H12N4O4S. The Morgan fingerprint density at radius 2 is 2.29 bits per heavy atom. The molecule has 3 N–H and O–H groups in total. The summed E-state index contributed by atoms with van der Waals surface area (Å²) in [7, 11) is 0. The van der Waals surface area contributed by atoms with Crippen LogP contribution in [0.5, 0.6) is 0 Å². The van der Waals surface area contributed by atoms with Crippen molar-refractivity contribution >= 4 is 40.1 Å². The Hall–Kier alpha value is -2.42. The number of nitro groups is 1. The van der Waals surface area contributed by atoms with Gasteiger partial charge < -0.3 is 11.1 Å². The van der Waals surface area contributed by atoms with E-state index in [1.54, 1.807) is 13.0 Å². The summed E-state index contributed by atoms with van der Waals surface area (Å²) in [6.45, 7) is 1.71. The van der Waals surface area contributed by atoms with Gasteiger partial charge in [-0.05, 0) is 18.6 Å². The van der Waals surface area contributed by atoms with Gasteiger partial charge in [0, 0.05) is 12.5 Å². The molecule has 0 saturated heterocycles. The van der Waals surface area contributed by atoms with Crippen LogP contribution in [0.25, 0.3) is 0 Å². The molecule has 1 atom stereocenters. The molecule has 1 aliphatic heterocycles. The molecule has 0 spiro atoms. The molecule has 1 unspecified atom stereocenters. The first-order chi connectivity index (χ1) is 9.86. The van der Waals surface area contributed by atoms with Crippen LogP contribution in [0.15, 0.2) is 23.2 Å². The van der Waals surface area contributed by atoms with Crippen molar-refractivity contribution in [3.05, 3.63) is 33.9 Å². The van der Waals surface area contributed by atoms with Crippen LogP contribution in [0.4, 0.5) is 11.4 Å². The van der Waals surface area contributed by atoms with E-state index in [9.17, 15) is 19.7 Å². The Labute approximate surface area is 123 Å². The molecule has 1 aromatic carbocycles. The number of amidine groups is 1. The number of nitrogens with one attached hydrogen (secondary N) is 1. The second kappa shape index (κ2) is 5.92. The van der Waals surface area contributed by atoms with Gasteiger partial charge >= 0.3 is 0 Å². The highest BCUT2D eigenvalue weighted by Gasteiger charge is 2.29. The van der Waals surface area contributed by atoms with Crippen molar-refractivity contribution in [2.45, 2.75) is 18.6 Å². The van der Waals surface area contributed by atoms with Crippen molar-refractivity contribution in [3.8, 4) is 0 Å². The number of nitrogens with zero attached hydrogens (tertiary/aromatic N) is 2. The largest absolute Gasteiger partial charge is 0.378 e. The first kappa shape index (κ1) is 15.0. The quantitative estimate of drug-likeness (QED) is 0.635. The first-order valence-corrected chi connectivity index (χ1v) is 6.84. The third kappa shape index (κ3) is 3.57. The fourth-order valence-corrected chi connectivity index (χ4v) is 2.62. The number of nitrogens with two attached hydrogens (primary N) is 1. The van der Waals surface area contributed by atoms with Gasteiger partial charge in [-0.2, -0.15) is 4.99 Å². The van der Waals surface area contributed by atoms with Gasteiger partial charge in [0.1, 0.15) is 10.9 Å². The molecule has 0 fully saturated rings. The Morgan fingerprint density at radius 1 is 1.57 bits per heavy atom. The average molecular weight is 308 g/mol. The predicted molar refractivity (Wildman–Crippen MR) is 79.1 cm³/mol. The monoisotopic (exact) mass is 308 g/mol. The number of hydrogen-bond donors (Lipinski definition) is 2. The smallest absolute Gasteiger partial charge is 0.293 e. The molecule has 0 saturated carbocycles. The normalized spacial score (nSPS) is 17.5. The highest BCUT2D eigenvalue weighted by molar-refractivity contribution is 8.15. The number of amides is 2. The Morgan fingerprint density at radius 3 is 2.86 bits per heavy atom. The molecule has 21 heavy (non-hydrogen) atoms. The van der Waals surface area contributed by atoms with Gasteiger partial charge in [-0.3, -0.25) is 19.7 Å². The molecule has 2 rings (SSSR count). The molecule has 0 radical (unpaired) electrons. The summed E-state index contributed by atoms with van der Waals surface area (Å²) in [5, 5.41) is 12.9. The van der Waals surface area contributed by atoms with Crippen molar-refractivity contribution in [2.24, 2.45) is 10.7 Å². The van der Waals surface area contributed by atoms with Crippen molar-refractivity contribution in [1.29, 1.82) is 0 Å². The summed E-state index contributed by atoms with van der Waals surface area (Å²) in [5.74, 6) is -0.969. The lowest BCUT2D eigenvalue weighted by Crippen LogP contribution is -2.22. The second-order valence-corrected chi connectivity index (χ2v) is 5.65. The van der Waals surface area contributed by atoms with Crippen LogP contribution in [0.3, 0.4) is 0 Å². The molecule has 1 aliphatic rings. The number of carbonyl (C=O) groups excluding carboxylic acids is 2. The molecule has 2 amide bonds. The Balaban J connectivity index is 2.07. The van der Waals surface area contributed by atoms with Gasteiger partial charge in [0.25, 0.3) is 11.6 Å². The van der Waals surface area contributed by atoms with Crippen LogP contribution in [0, 0.1) is 17.0 Å². The zero-order valence-electron chi connectivity index (χ0n) is 11.0. The van der Waals surface area contributed by atoms with E-state index in [1.807, 2.05) is 0 Å². The zero-order valence-corrected chi connectivity index (χ0v) is 11.8. The van der Waals surface area contributed by atoms with Crippen molar-refractivity contribution in [2.75, 3.05) is 5.32 Å². The molecule has 0 aliphatic carbocycles. The number of thioether (sulfide) groups is 1. The van der Waals surface area contributed by atoms with Gasteiger partial charge in [0.15, 0.2) is 5.17 Å². The topological polar surface area (TPSA) is 128 Å². The lowest BCUT2D eigenvalue weighted by molar-refractivity contribution is -0.384. The standard InChI is InChI=1S/C12H12N4O4S/c1-6-2-3-7(8(4-6)16(19)20)14-10(17)5-9-11(18)15-12(13)21-9/h2-4,9H,5H2,1H3,(H,14,17)(H2,13,15,18). The zero-order chi connectivity index (χ0) is 15.6. The fourth-order valence-electron chi connectivity index (χ4n) is 1.80. The molecule has 110 valence electrons. The molecule has 8 nitrogen and oxygen atoms in total. The average Bonchev–Trinajstić information content (AvgIpc) is 2.69. The fraction of sp³-hybridized carbons (Fsp3) is 0.250. The SMILES string of the molecule is Cc1ccc(NC(=O)CC2SC(N)=NC2=O)c([N+](=O)[O-])c1. The van der Waals surface area contributed by atoms with Gasteiger partial charge in [-0.1, -0.05) is 17.8 Å². The highest BCUT2D eigenvalue weighted by atomic mass is 32.2. The minimum Gasteiger partial charge on any atom is -0.378 e. The summed E-state index contributed by atoms with van der Waals surface area (Å²) in [6, 6.07) is 4.48. The maximum Gasteiger partial charge on any atom is 0.293 e. The van der Waals surface area contributed by atoms with E-state index < -0.39 is 22.0 Å². The minimum atomic E-state index is -0.672. The molecule has 0 aromatic heterocycles. The van der Waals surface area contributed by atoms with Gasteiger partial charge in [-0.25, -0.2) is 0 Å². The molecule has 9 heteroatoms. The van der Waals surface area contributed by atoms with Crippen molar-refractivity contribution in [1.82, 2.24) is 0 Å². The number of anilines is 1. The number of carbonyl (C=O) groups is 2. The number of hydrogen-bond acceptors (Lipinski definition) is 6. The van der Waals surface area contributed by atoms with Crippen LogP contribution in [0.2, 0.25) is 0 Å². The van der Waals surface area contributed by atoms with Crippen molar-refractivity contribution in [3.63, 3.8) is 0 Å². The van der Waals surface area contributed by atoms with E-state index in [0.29, 0.717) is 5.56 Å². The molecular weight excluding hydrogens is 296 g/mol. The van der Waals surface area contributed by atoms with Crippen LogP contribution in [-0.2, 0) is 9.59 Å². The van der Waals surface area contributed by atoms with E-state index in [4.69, 9.17) is 5.73 Å². The van der Waals surface area contributed by atoms with E-state index in [0.717, 1.165) is 11.8 Å². The summed E-state index contributed by atoms with van der Waals surface area (Å²) < 4.78 is 0. The predicted octanol–water partition coefficient (Wildman–Crippen LogP) is 1.19. The number of nitro benzene ring substituents is 1. The third-order valence-corrected chi connectivity index (χ3v) is 3.74. The molecule has 1 heterocycles. The van der Waals surface area contributed by atoms with Gasteiger partial charge in [-0.15, -0.1) is 0 Å². The van der Waals surface area contributed by atoms with Gasteiger partial charge in [0.2, 0.25) is 5.91 Å². The third-order valence-electron chi connectivity index (χ3n) is 2.75. The number of benzene rings is 1. The molecule has 1 aromatic rings. The number of aliphatic imine (C=N–C) groups is 1. The maximum absolute atomic E-state index is 11.9. The van der Waals surface area contributed by atoms with E-state index >= 15 is 0 Å². The van der Waals surface area contributed by atoms with Crippen LogP contribution < -0.4 is 11.1 Å². The van der Waals surface area contributed by atoms with Crippen LogP contribution in [0.1, 0.15) is 12.0 Å². The summed E-state index contributed by atoms with van der Waals surface area (Å²) in [4.78, 5) is 37.2. The first-order valence-electron chi connectivity index (χ1n) is 5.96. The molecule has 0 bridgehead atoms. The number of rotatable bonds is 4. The second-order valence-electron chi connectivity index (χ2n) is 4.42. The Bertz CT molecular complexity index is 659. The van der Waals surface area contributed by atoms with E-state index in [2.05, 4.69) is 10.3 Å². The number of aryl methyl sites for hydroxylation is 1.